The first-order valence-electron chi connectivity index (χ1n) is 8.55. The number of aromatic nitrogens is 2. The van der Waals surface area contributed by atoms with E-state index >= 15 is 0 Å². The van der Waals surface area contributed by atoms with Gasteiger partial charge in [-0.3, -0.25) is 9.69 Å². The van der Waals surface area contributed by atoms with E-state index in [1.165, 1.54) is 0 Å². The normalized spacial score (nSPS) is 10.8. The Labute approximate surface area is 152 Å². The van der Waals surface area contributed by atoms with E-state index in [-0.39, 0.29) is 12.5 Å². The highest BCUT2D eigenvalue weighted by Crippen LogP contribution is 2.28. The highest BCUT2D eigenvalue weighted by molar-refractivity contribution is 5.94. The molecule has 4 aromatic rings. The molecule has 0 N–H and O–H groups in total. The zero-order valence-electron chi connectivity index (χ0n) is 14.5. The molecule has 0 aliphatic heterocycles. The molecule has 0 atom stereocenters. The molecular weight excluding hydrogens is 322 g/mol. The van der Waals surface area contributed by atoms with E-state index in [1.54, 1.807) is 18.1 Å². The molecule has 0 saturated heterocycles. The third-order valence-corrected chi connectivity index (χ3v) is 4.54. The Morgan fingerprint density at radius 2 is 1.69 bits per heavy atom. The van der Waals surface area contributed by atoms with Gasteiger partial charge in [0.2, 0.25) is 5.91 Å². The molecule has 4 rings (SSSR count). The Morgan fingerprint density at radius 3 is 2.46 bits per heavy atom. The number of nitrogens with zero attached hydrogens (tertiary/aromatic N) is 3. The molecule has 0 fully saturated rings. The van der Waals surface area contributed by atoms with Crippen LogP contribution in [0.3, 0.4) is 0 Å². The highest BCUT2D eigenvalue weighted by Gasteiger charge is 2.17. The number of carbonyl (C=O) groups is 1. The van der Waals surface area contributed by atoms with E-state index in [4.69, 9.17) is 0 Å². The molecular formula is C22H19N3O. The molecule has 0 aliphatic rings. The van der Waals surface area contributed by atoms with Crippen molar-refractivity contribution in [2.24, 2.45) is 0 Å². The summed E-state index contributed by atoms with van der Waals surface area (Å²) in [5.41, 5.74) is 3.18. The fourth-order valence-electron chi connectivity index (χ4n) is 3.15. The number of likely N-dealkylation sites (N-methyl/N-ethyl adjacent to an activating group) is 1. The van der Waals surface area contributed by atoms with Crippen molar-refractivity contribution in [3.63, 3.8) is 0 Å². The predicted octanol–water partition coefficient (Wildman–Crippen LogP) is 4.37. The van der Waals surface area contributed by atoms with Crippen molar-refractivity contribution in [2.75, 3.05) is 11.9 Å². The summed E-state index contributed by atoms with van der Waals surface area (Å²) in [7, 11) is 1.76. The molecule has 2 heterocycles. The second-order valence-electron chi connectivity index (χ2n) is 6.18. The van der Waals surface area contributed by atoms with Gasteiger partial charge < -0.3 is 4.57 Å². The number of rotatable bonds is 4. The second-order valence-corrected chi connectivity index (χ2v) is 6.18. The summed E-state index contributed by atoms with van der Waals surface area (Å²) < 4.78 is 2.08. The summed E-state index contributed by atoms with van der Waals surface area (Å²) in [5, 5.41) is 1.12. The van der Waals surface area contributed by atoms with Gasteiger partial charge in [-0.15, -0.1) is 0 Å². The van der Waals surface area contributed by atoms with Crippen LogP contribution in [0.4, 0.5) is 5.82 Å². The van der Waals surface area contributed by atoms with Crippen LogP contribution in [0, 0.1) is 0 Å². The van der Waals surface area contributed by atoms with Crippen LogP contribution >= 0.6 is 0 Å². The quantitative estimate of drug-likeness (QED) is 0.553. The Kier molecular flexibility index (Phi) is 4.23. The maximum Gasteiger partial charge on any atom is 0.247 e. The van der Waals surface area contributed by atoms with Gasteiger partial charge in [0.1, 0.15) is 12.4 Å². The number of para-hydroxylation sites is 1. The number of carbonyl (C=O) groups excluding carboxylic acids is 1. The zero-order chi connectivity index (χ0) is 17.9. The first-order chi connectivity index (χ1) is 12.7. The van der Waals surface area contributed by atoms with Gasteiger partial charge in [-0.1, -0.05) is 54.6 Å². The van der Waals surface area contributed by atoms with E-state index in [1.807, 2.05) is 48.5 Å². The molecule has 2 aromatic heterocycles. The Balaban J connectivity index is 1.75. The van der Waals surface area contributed by atoms with Gasteiger partial charge in [0, 0.05) is 29.8 Å². The lowest BCUT2D eigenvalue weighted by Gasteiger charge is -2.18. The van der Waals surface area contributed by atoms with Gasteiger partial charge in [0.15, 0.2) is 0 Å². The van der Waals surface area contributed by atoms with Crippen LogP contribution in [0.25, 0.3) is 22.2 Å². The van der Waals surface area contributed by atoms with Gasteiger partial charge >= 0.3 is 0 Å². The van der Waals surface area contributed by atoms with Crippen molar-refractivity contribution in [3.05, 3.63) is 85.1 Å². The number of anilines is 1. The molecule has 1 amide bonds. The van der Waals surface area contributed by atoms with Crippen LogP contribution in [0.1, 0.15) is 0 Å². The number of benzene rings is 2. The average Bonchev–Trinajstić information content (AvgIpc) is 3.07. The number of amides is 1. The molecule has 26 heavy (non-hydrogen) atoms. The van der Waals surface area contributed by atoms with E-state index in [0.29, 0.717) is 5.82 Å². The van der Waals surface area contributed by atoms with Crippen LogP contribution in [-0.4, -0.2) is 22.5 Å². The van der Waals surface area contributed by atoms with Crippen molar-refractivity contribution in [2.45, 2.75) is 6.54 Å². The lowest BCUT2D eigenvalue weighted by Crippen LogP contribution is -2.30. The molecule has 128 valence electrons. The van der Waals surface area contributed by atoms with Crippen LogP contribution in [0.2, 0.25) is 0 Å². The third-order valence-electron chi connectivity index (χ3n) is 4.54. The molecule has 2 aromatic carbocycles. The van der Waals surface area contributed by atoms with Crippen molar-refractivity contribution in [1.82, 2.24) is 9.55 Å². The largest absolute Gasteiger partial charge is 0.331 e. The molecule has 0 spiro atoms. The number of hydrogen-bond acceptors (Lipinski definition) is 2. The van der Waals surface area contributed by atoms with E-state index in [2.05, 4.69) is 39.9 Å². The summed E-state index contributed by atoms with van der Waals surface area (Å²) >= 11 is 0. The summed E-state index contributed by atoms with van der Waals surface area (Å²) in [4.78, 5) is 18.8. The Hall–Kier alpha value is -3.40. The minimum absolute atomic E-state index is 0.0118. The SMILES string of the molecule is CN(C(=O)Cn1c(-c2ccccc2)cc2ccccc21)c1ccccn1. The molecule has 4 nitrogen and oxygen atoms in total. The first-order valence-corrected chi connectivity index (χ1v) is 8.55. The van der Waals surface area contributed by atoms with Crippen LogP contribution in [-0.2, 0) is 11.3 Å². The van der Waals surface area contributed by atoms with Gasteiger partial charge in [-0.2, -0.15) is 0 Å². The van der Waals surface area contributed by atoms with Crippen LogP contribution in [0.15, 0.2) is 85.1 Å². The maximum atomic E-state index is 12.9. The number of fused-ring (bicyclic) bond motifs is 1. The lowest BCUT2D eigenvalue weighted by atomic mass is 10.1. The maximum absolute atomic E-state index is 12.9. The van der Waals surface area contributed by atoms with Crippen molar-refractivity contribution in [1.29, 1.82) is 0 Å². The third kappa shape index (κ3) is 2.97. The van der Waals surface area contributed by atoms with Crippen molar-refractivity contribution in [3.8, 4) is 11.3 Å². The molecule has 0 bridgehead atoms. The average molecular weight is 341 g/mol. The van der Waals surface area contributed by atoms with E-state index in [9.17, 15) is 4.79 Å². The monoisotopic (exact) mass is 341 g/mol. The molecule has 0 radical (unpaired) electrons. The molecule has 0 aliphatic carbocycles. The minimum Gasteiger partial charge on any atom is -0.331 e. The van der Waals surface area contributed by atoms with Gasteiger partial charge in [-0.25, -0.2) is 4.98 Å². The molecule has 0 saturated carbocycles. The summed E-state index contributed by atoms with van der Waals surface area (Å²) in [6.07, 6.45) is 1.69. The number of pyridine rings is 1. The second kappa shape index (κ2) is 6.84. The smallest absolute Gasteiger partial charge is 0.247 e. The lowest BCUT2D eigenvalue weighted by molar-refractivity contribution is -0.118. The Bertz CT molecular complexity index is 1040. The first kappa shape index (κ1) is 16.1. The van der Waals surface area contributed by atoms with Gasteiger partial charge in [0.25, 0.3) is 0 Å². The fraction of sp³-hybridized carbons (Fsp3) is 0.0909. The van der Waals surface area contributed by atoms with Gasteiger partial charge in [0.05, 0.1) is 0 Å². The zero-order valence-corrected chi connectivity index (χ0v) is 14.5. The molecule has 0 unspecified atom stereocenters. The van der Waals surface area contributed by atoms with Gasteiger partial charge in [-0.05, 0) is 29.8 Å². The molecule has 4 heteroatoms. The summed E-state index contributed by atoms with van der Waals surface area (Å²) in [5.74, 6) is 0.637. The summed E-state index contributed by atoms with van der Waals surface area (Å²) in [6.45, 7) is 0.255. The van der Waals surface area contributed by atoms with E-state index in [0.717, 1.165) is 22.2 Å². The van der Waals surface area contributed by atoms with Crippen molar-refractivity contribution >= 4 is 22.6 Å². The predicted molar refractivity (Wildman–Crippen MR) is 105 cm³/mol. The van der Waals surface area contributed by atoms with Crippen LogP contribution in [0.5, 0.6) is 0 Å². The fourth-order valence-corrected chi connectivity index (χ4v) is 3.15. The minimum atomic E-state index is -0.0118. The standard InChI is InChI=1S/C22H19N3O/c1-24(21-13-7-8-14-23-21)22(26)16-25-19-12-6-5-11-18(19)15-20(25)17-9-3-2-4-10-17/h2-15H,16H2,1H3. The van der Waals surface area contributed by atoms with Crippen molar-refractivity contribution < 1.29 is 4.79 Å². The number of hydrogen-bond donors (Lipinski definition) is 0. The highest BCUT2D eigenvalue weighted by atomic mass is 16.2. The Morgan fingerprint density at radius 1 is 0.962 bits per heavy atom. The van der Waals surface area contributed by atoms with Crippen LogP contribution < -0.4 is 4.90 Å². The van der Waals surface area contributed by atoms with E-state index < -0.39 is 0 Å². The summed E-state index contributed by atoms with van der Waals surface area (Å²) in [6, 6.07) is 26.0. The topological polar surface area (TPSA) is 38.1 Å².